The number of rotatable bonds is 6. The van der Waals surface area contributed by atoms with E-state index in [1.54, 1.807) is 6.07 Å². The summed E-state index contributed by atoms with van der Waals surface area (Å²) in [6.45, 7) is 12.3. The van der Waals surface area contributed by atoms with Gasteiger partial charge in [0.1, 0.15) is 5.82 Å². The van der Waals surface area contributed by atoms with Gasteiger partial charge in [0, 0.05) is 32.2 Å². The second-order valence-corrected chi connectivity index (χ2v) is 5.77. The highest BCUT2D eigenvalue weighted by Crippen LogP contribution is 2.30. The van der Waals surface area contributed by atoms with Crippen molar-refractivity contribution in [3.8, 4) is 0 Å². The first-order valence-corrected chi connectivity index (χ1v) is 8.16. The van der Waals surface area contributed by atoms with Gasteiger partial charge in [0.05, 0.1) is 5.69 Å². The molecule has 2 rings (SSSR count). The number of nitrogens with one attached hydrogen (secondary N) is 1. The predicted molar refractivity (Wildman–Crippen MR) is 87.4 cm³/mol. The third-order valence-corrected chi connectivity index (χ3v) is 4.32. The van der Waals surface area contributed by atoms with Gasteiger partial charge in [-0.05, 0) is 38.1 Å². The second-order valence-electron chi connectivity index (χ2n) is 5.77. The number of benzene rings is 1. The molecule has 1 aromatic carbocycles. The molecule has 118 valence electrons. The Balaban J connectivity index is 2.18. The molecule has 0 amide bonds. The zero-order chi connectivity index (χ0) is 15.2. The molecule has 1 unspecified atom stereocenters. The first-order chi connectivity index (χ1) is 10.2. The van der Waals surface area contributed by atoms with Crippen LogP contribution >= 0.6 is 0 Å². The highest BCUT2D eigenvalue weighted by molar-refractivity contribution is 5.56. The van der Waals surface area contributed by atoms with Crippen LogP contribution in [0.2, 0.25) is 0 Å². The third-order valence-electron chi connectivity index (χ3n) is 4.32. The van der Waals surface area contributed by atoms with E-state index >= 15 is 0 Å². The summed E-state index contributed by atoms with van der Waals surface area (Å²) in [6, 6.07) is 5.63. The molecule has 0 aliphatic carbocycles. The van der Waals surface area contributed by atoms with Crippen molar-refractivity contribution >= 4 is 5.69 Å². The second kappa shape index (κ2) is 7.76. The normalized spacial score (nSPS) is 18.0. The lowest BCUT2D eigenvalue weighted by molar-refractivity contribution is 0.270. The van der Waals surface area contributed by atoms with Crippen molar-refractivity contribution in [1.29, 1.82) is 0 Å². The van der Waals surface area contributed by atoms with E-state index in [2.05, 4.69) is 42.0 Å². The lowest BCUT2D eigenvalue weighted by atomic mass is 10.0. The molecule has 21 heavy (non-hydrogen) atoms. The highest BCUT2D eigenvalue weighted by Gasteiger charge is 2.22. The summed E-state index contributed by atoms with van der Waals surface area (Å²) in [5.41, 5.74) is 1.87. The molecule has 3 nitrogen and oxygen atoms in total. The van der Waals surface area contributed by atoms with E-state index in [1.165, 1.54) is 0 Å². The molecule has 0 bridgehead atoms. The quantitative estimate of drug-likeness (QED) is 0.870. The minimum absolute atomic E-state index is 0.0948. The Kier molecular flexibility index (Phi) is 6.00. The molecule has 1 heterocycles. The Bertz CT molecular complexity index is 442. The maximum Gasteiger partial charge on any atom is 0.146 e. The molecule has 1 aromatic rings. The van der Waals surface area contributed by atoms with Crippen LogP contribution in [0.4, 0.5) is 10.1 Å². The Hall–Kier alpha value is -1.13. The van der Waals surface area contributed by atoms with Gasteiger partial charge in [0.2, 0.25) is 0 Å². The van der Waals surface area contributed by atoms with E-state index in [0.717, 1.165) is 56.9 Å². The number of piperazine rings is 1. The fourth-order valence-electron chi connectivity index (χ4n) is 2.97. The van der Waals surface area contributed by atoms with Crippen molar-refractivity contribution in [3.63, 3.8) is 0 Å². The molecule has 4 heteroatoms. The molecule has 1 atom stereocenters. The first kappa shape index (κ1) is 16.2. The Morgan fingerprint density at radius 3 is 2.52 bits per heavy atom. The van der Waals surface area contributed by atoms with Crippen molar-refractivity contribution in [1.82, 2.24) is 10.2 Å². The van der Waals surface area contributed by atoms with Gasteiger partial charge in [-0.3, -0.25) is 0 Å². The number of hydrogen-bond donors (Lipinski definition) is 1. The summed E-state index contributed by atoms with van der Waals surface area (Å²) in [7, 11) is 0. The van der Waals surface area contributed by atoms with Crippen molar-refractivity contribution in [2.75, 3.05) is 44.2 Å². The highest BCUT2D eigenvalue weighted by atomic mass is 19.1. The SMILES string of the molecule is CCCNC(C)c1cccc(F)c1N1CCN(CC)CC1. The topological polar surface area (TPSA) is 18.5 Å². The van der Waals surface area contributed by atoms with Crippen molar-refractivity contribution in [2.24, 2.45) is 0 Å². The van der Waals surface area contributed by atoms with Crippen molar-refractivity contribution in [3.05, 3.63) is 29.6 Å². The van der Waals surface area contributed by atoms with Gasteiger partial charge >= 0.3 is 0 Å². The molecule has 0 saturated carbocycles. The predicted octanol–water partition coefficient (Wildman–Crippen LogP) is 3.03. The van der Waals surface area contributed by atoms with Crippen LogP contribution in [-0.4, -0.2) is 44.2 Å². The van der Waals surface area contributed by atoms with Crippen LogP contribution in [0.5, 0.6) is 0 Å². The van der Waals surface area contributed by atoms with Crippen LogP contribution < -0.4 is 10.2 Å². The maximum absolute atomic E-state index is 14.4. The third kappa shape index (κ3) is 3.95. The summed E-state index contributed by atoms with van der Waals surface area (Å²) < 4.78 is 14.4. The zero-order valence-electron chi connectivity index (χ0n) is 13.5. The summed E-state index contributed by atoms with van der Waals surface area (Å²) in [4.78, 5) is 4.62. The number of anilines is 1. The van der Waals surface area contributed by atoms with E-state index < -0.39 is 0 Å². The van der Waals surface area contributed by atoms with Gasteiger partial charge in [0.15, 0.2) is 0 Å². The molecule has 1 aliphatic heterocycles. The summed E-state index contributed by atoms with van der Waals surface area (Å²) in [5, 5.41) is 3.47. The van der Waals surface area contributed by atoms with Crippen LogP contribution in [0.1, 0.15) is 38.8 Å². The maximum atomic E-state index is 14.4. The monoisotopic (exact) mass is 293 g/mol. The Morgan fingerprint density at radius 2 is 1.90 bits per heavy atom. The number of likely N-dealkylation sites (N-methyl/N-ethyl adjacent to an activating group) is 1. The number of halogens is 1. The lowest BCUT2D eigenvalue weighted by Gasteiger charge is -2.37. The molecule has 0 radical (unpaired) electrons. The average molecular weight is 293 g/mol. The lowest BCUT2D eigenvalue weighted by Crippen LogP contribution is -2.47. The molecule has 0 spiro atoms. The van der Waals surface area contributed by atoms with Crippen molar-refractivity contribution < 1.29 is 4.39 Å². The number of nitrogens with zero attached hydrogens (tertiary/aromatic N) is 2. The van der Waals surface area contributed by atoms with E-state index in [9.17, 15) is 4.39 Å². The average Bonchev–Trinajstić information content (AvgIpc) is 2.52. The number of para-hydroxylation sites is 1. The summed E-state index contributed by atoms with van der Waals surface area (Å²) in [6.07, 6.45) is 1.09. The summed E-state index contributed by atoms with van der Waals surface area (Å²) in [5.74, 6) is -0.0948. The van der Waals surface area contributed by atoms with Crippen LogP contribution in [0.3, 0.4) is 0 Å². The van der Waals surface area contributed by atoms with E-state index in [-0.39, 0.29) is 11.9 Å². The molecule has 1 N–H and O–H groups in total. The van der Waals surface area contributed by atoms with Gasteiger partial charge in [-0.25, -0.2) is 4.39 Å². The van der Waals surface area contributed by atoms with Crippen LogP contribution in [0.25, 0.3) is 0 Å². The van der Waals surface area contributed by atoms with Gasteiger partial charge in [-0.2, -0.15) is 0 Å². The largest absolute Gasteiger partial charge is 0.366 e. The molecule has 0 aromatic heterocycles. The van der Waals surface area contributed by atoms with E-state index in [1.807, 2.05) is 6.07 Å². The Morgan fingerprint density at radius 1 is 1.19 bits per heavy atom. The van der Waals surface area contributed by atoms with Crippen LogP contribution in [0.15, 0.2) is 18.2 Å². The van der Waals surface area contributed by atoms with Crippen molar-refractivity contribution in [2.45, 2.75) is 33.2 Å². The van der Waals surface area contributed by atoms with E-state index in [0.29, 0.717) is 0 Å². The van der Waals surface area contributed by atoms with Gasteiger partial charge in [-0.15, -0.1) is 0 Å². The first-order valence-electron chi connectivity index (χ1n) is 8.16. The van der Waals surface area contributed by atoms with Crippen LogP contribution in [0, 0.1) is 5.82 Å². The fraction of sp³-hybridized carbons (Fsp3) is 0.647. The van der Waals surface area contributed by atoms with E-state index in [4.69, 9.17) is 0 Å². The minimum atomic E-state index is -0.0948. The minimum Gasteiger partial charge on any atom is -0.366 e. The fourth-order valence-corrected chi connectivity index (χ4v) is 2.97. The van der Waals surface area contributed by atoms with Gasteiger partial charge in [0.25, 0.3) is 0 Å². The molecule has 1 saturated heterocycles. The van der Waals surface area contributed by atoms with Crippen LogP contribution in [-0.2, 0) is 0 Å². The van der Waals surface area contributed by atoms with Gasteiger partial charge < -0.3 is 15.1 Å². The number of hydrogen-bond acceptors (Lipinski definition) is 3. The summed E-state index contributed by atoms with van der Waals surface area (Å²) >= 11 is 0. The molecule has 1 fully saturated rings. The standard InChI is InChI=1S/C17H28FN3/c1-4-9-19-14(3)15-7-6-8-16(18)17(15)21-12-10-20(5-2)11-13-21/h6-8,14,19H,4-5,9-13H2,1-3H3. The molecular formula is C17H28FN3. The van der Waals surface area contributed by atoms with Gasteiger partial charge in [-0.1, -0.05) is 26.0 Å². The molecular weight excluding hydrogens is 265 g/mol. The Labute approximate surface area is 128 Å². The smallest absolute Gasteiger partial charge is 0.146 e. The zero-order valence-corrected chi connectivity index (χ0v) is 13.5. The molecule has 1 aliphatic rings.